The molecule has 2 atom stereocenters. The van der Waals surface area contributed by atoms with E-state index in [1.54, 1.807) is 0 Å². The third-order valence-corrected chi connectivity index (χ3v) is 2.96. The lowest BCUT2D eigenvalue weighted by Crippen LogP contribution is -2.29. The smallest absolute Gasteiger partial charge is 0.0122 e. The monoisotopic (exact) mass is 155 g/mol. The van der Waals surface area contributed by atoms with Gasteiger partial charge in [0.2, 0.25) is 0 Å². The van der Waals surface area contributed by atoms with E-state index in [1.807, 2.05) is 13.8 Å². The molecule has 2 unspecified atom stereocenters. The fraction of sp³-hybridized carbons (Fsp3) is 1.00. The number of fused-ring (bicyclic) bond motifs is 2. The predicted octanol–water partition coefficient (Wildman–Crippen LogP) is 2.56. The molecule has 2 aliphatic heterocycles. The SMILES string of the molecule is CC.CC1(C)CC2CCC1N2. The van der Waals surface area contributed by atoms with E-state index in [0.29, 0.717) is 5.41 Å². The van der Waals surface area contributed by atoms with Gasteiger partial charge in [-0.05, 0) is 24.7 Å². The fourth-order valence-electron chi connectivity index (χ4n) is 2.37. The van der Waals surface area contributed by atoms with Crippen molar-refractivity contribution in [3.05, 3.63) is 0 Å². The van der Waals surface area contributed by atoms with Crippen LogP contribution in [-0.2, 0) is 0 Å². The lowest BCUT2D eigenvalue weighted by atomic mass is 9.77. The average Bonchev–Trinajstić information content (AvgIpc) is 2.49. The van der Waals surface area contributed by atoms with Crippen molar-refractivity contribution in [2.24, 2.45) is 5.41 Å². The summed E-state index contributed by atoms with van der Waals surface area (Å²) in [5, 5.41) is 3.62. The second-order valence-electron chi connectivity index (χ2n) is 4.19. The van der Waals surface area contributed by atoms with Crippen LogP contribution < -0.4 is 5.32 Å². The van der Waals surface area contributed by atoms with Crippen LogP contribution in [0.1, 0.15) is 47.0 Å². The maximum atomic E-state index is 3.62. The van der Waals surface area contributed by atoms with Crippen LogP contribution in [0.5, 0.6) is 0 Å². The maximum Gasteiger partial charge on any atom is 0.0122 e. The van der Waals surface area contributed by atoms with Gasteiger partial charge in [-0.25, -0.2) is 0 Å². The average molecular weight is 155 g/mol. The van der Waals surface area contributed by atoms with Gasteiger partial charge in [0.05, 0.1) is 0 Å². The Kier molecular flexibility index (Phi) is 2.58. The van der Waals surface area contributed by atoms with E-state index in [-0.39, 0.29) is 0 Å². The van der Waals surface area contributed by atoms with Gasteiger partial charge >= 0.3 is 0 Å². The van der Waals surface area contributed by atoms with E-state index < -0.39 is 0 Å². The molecule has 2 rings (SSSR count). The van der Waals surface area contributed by atoms with E-state index in [2.05, 4.69) is 19.2 Å². The molecule has 0 aromatic carbocycles. The molecule has 1 nitrogen and oxygen atoms in total. The standard InChI is InChI=1S/C8H15N.C2H6/c1-8(2)5-6-3-4-7(8)9-6;1-2/h6-7,9H,3-5H2,1-2H3;1-2H3. The number of rotatable bonds is 0. The van der Waals surface area contributed by atoms with Gasteiger partial charge < -0.3 is 5.32 Å². The predicted molar refractivity (Wildman–Crippen MR) is 49.7 cm³/mol. The summed E-state index contributed by atoms with van der Waals surface area (Å²) in [4.78, 5) is 0. The summed E-state index contributed by atoms with van der Waals surface area (Å²) in [5.74, 6) is 0. The lowest BCUT2D eigenvalue weighted by molar-refractivity contribution is 0.280. The van der Waals surface area contributed by atoms with E-state index in [4.69, 9.17) is 0 Å². The summed E-state index contributed by atoms with van der Waals surface area (Å²) >= 11 is 0. The molecule has 0 aromatic rings. The van der Waals surface area contributed by atoms with Gasteiger partial charge in [0, 0.05) is 12.1 Å². The molecule has 11 heavy (non-hydrogen) atoms. The van der Waals surface area contributed by atoms with Gasteiger partial charge in [-0.15, -0.1) is 0 Å². The largest absolute Gasteiger partial charge is 0.311 e. The Morgan fingerprint density at radius 2 is 1.82 bits per heavy atom. The van der Waals surface area contributed by atoms with Crippen LogP contribution in [0.2, 0.25) is 0 Å². The van der Waals surface area contributed by atoms with E-state index in [0.717, 1.165) is 12.1 Å². The highest BCUT2D eigenvalue weighted by Crippen LogP contribution is 2.42. The van der Waals surface area contributed by atoms with Crippen LogP contribution in [0.25, 0.3) is 0 Å². The Bertz CT molecular complexity index is 129. The number of hydrogen-bond acceptors (Lipinski definition) is 1. The minimum atomic E-state index is 0.600. The van der Waals surface area contributed by atoms with Crippen LogP contribution in [-0.4, -0.2) is 12.1 Å². The first-order valence-corrected chi connectivity index (χ1v) is 4.94. The van der Waals surface area contributed by atoms with E-state index >= 15 is 0 Å². The minimum absolute atomic E-state index is 0.600. The van der Waals surface area contributed by atoms with Crippen LogP contribution in [0.4, 0.5) is 0 Å². The summed E-state index contributed by atoms with van der Waals surface area (Å²) in [5.41, 5.74) is 0.600. The quantitative estimate of drug-likeness (QED) is 0.567. The van der Waals surface area contributed by atoms with Crippen molar-refractivity contribution in [1.82, 2.24) is 5.32 Å². The summed E-state index contributed by atoms with van der Waals surface area (Å²) < 4.78 is 0. The molecular weight excluding hydrogens is 134 g/mol. The number of hydrogen-bond donors (Lipinski definition) is 1. The van der Waals surface area contributed by atoms with Gasteiger partial charge in [0.15, 0.2) is 0 Å². The molecule has 0 saturated carbocycles. The molecule has 0 radical (unpaired) electrons. The molecule has 0 aliphatic carbocycles. The molecule has 2 saturated heterocycles. The molecule has 0 spiro atoms. The van der Waals surface area contributed by atoms with Crippen molar-refractivity contribution in [2.45, 2.75) is 59.0 Å². The zero-order chi connectivity index (χ0) is 8.48. The van der Waals surface area contributed by atoms with Crippen molar-refractivity contribution in [2.75, 3.05) is 0 Å². The Hall–Kier alpha value is -0.0400. The van der Waals surface area contributed by atoms with E-state index in [9.17, 15) is 0 Å². The number of nitrogens with one attached hydrogen (secondary N) is 1. The zero-order valence-corrected chi connectivity index (χ0v) is 8.28. The third-order valence-electron chi connectivity index (χ3n) is 2.96. The molecule has 1 heteroatoms. The van der Waals surface area contributed by atoms with Crippen LogP contribution in [0.15, 0.2) is 0 Å². The van der Waals surface area contributed by atoms with Gasteiger partial charge in [-0.2, -0.15) is 0 Å². The second-order valence-corrected chi connectivity index (χ2v) is 4.19. The molecule has 1 N–H and O–H groups in total. The van der Waals surface area contributed by atoms with Crippen molar-refractivity contribution in [1.29, 1.82) is 0 Å². The first-order chi connectivity index (χ1) is 5.18. The van der Waals surface area contributed by atoms with Gasteiger partial charge in [-0.3, -0.25) is 0 Å². The molecule has 2 bridgehead atoms. The van der Waals surface area contributed by atoms with Crippen molar-refractivity contribution < 1.29 is 0 Å². The van der Waals surface area contributed by atoms with Crippen molar-refractivity contribution >= 4 is 0 Å². The maximum absolute atomic E-state index is 3.62. The summed E-state index contributed by atoms with van der Waals surface area (Å²) in [6.07, 6.45) is 4.24. The highest BCUT2D eigenvalue weighted by atomic mass is 15.0. The van der Waals surface area contributed by atoms with Crippen LogP contribution in [0, 0.1) is 5.41 Å². The first-order valence-electron chi connectivity index (χ1n) is 4.94. The topological polar surface area (TPSA) is 12.0 Å². The van der Waals surface area contributed by atoms with Crippen molar-refractivity contribution in [3.63, 3.8) is 0 Å². The molecule has 66 valence electrons. The Morgan fingerprint density at radius 1 is 1.18 bits per heavy atom. The first kappa shape index (κ1) is 9.05. The Balaban J connectivity index is 0.000000281. The summed E-state index contributed by atoms with van der Waals surface area (Å²) in [6.45, 7) is 8.76. The Labute approximate surface area is 70.6 Å². The molecule has 0 amide bonds. The van der Waals surface area contributed by atoms with Gasteiger partial charge in [0.25, 0.3) is 0 Å². The lowest BCUT2D eigenvalue weighted by Gasteiger charge is -2.27. The van der Waals surface area contributed by atoms with Gasteiger partial charge in [-0.1, -0.05) is 27.7 Å². The summed E-state index contributed by atoms with van der Waals surface area (Å²) in [7, 11) is 0. The molecular formula is C10H21N. The molecule has 2 heterocycles. The van der Waals surface area contributed by atoms with Crippen molar-refractivity contribution in [3.8, 4) is 0 Å². The van der Waals surface area contributed by atoms with Crippen LogP contribution >= 0.6 is 0 Å². The highest BCUT2D eigenvalue weighted by Gasteiger charge is 2.44. The molecule has 2 aliphatic rings. The fourth-order valence-corrected chi connectivity index (χ4v) is 2.37. The summed E-state index contributed by atoms with van der Waals surface area (Å²) in [6, 6.07) is 1.70. The molecule has 2 fully saturated rings. The highest BCUT2D eigenvalue weighted by molar-refractivity contribution is 5.02. The third kappa shape index (κ3) is 1.58. The Morgan fingerprint density at radius 3 is 2.00 bits per heavy atom. The van der Waals surface area contributed by atoms with E-state index in [1.165, 1.54) is 19.3 Å². The van der Waals surface area contributed by atoms with Gasteiger partial charge in [0.1, 0.15) is 0 Å². The second kappa shape index (κ2) is 3.14. The zero-order valence-electron chi connectivity index (χ0n) is 8.28. The van der Waals surface area contributed by atoms with Crippen LogP contribution in [0.3, 0.4) is 0 Å². The minimum Gasteiger partial charge on any atom is -0.311 e. The molecule has 0 aromatic heterocycles. The normalized spacial score (nSPS) is 38.2.